The molecule has 1 aromatic carbocycles. The average molecular weight is 219 g/mol. The molecule has 0 radical (unpaired) electrons. The van der Waals surface area contributed by atoms with Crippen molar-refractivity contribution in [3.63, 3.8) is 0 Å². The molecule has 13 heavy (non-hydrogen) atoms. The van der Waals surface area contributed by atoms with E-state index in [1.54, 1.807) is 12.1 Å². The zero-order chi connectivity index (χ0) is 9.73. The second-order valence-corrected chi connectivity index (χ2v) is 4.32. The maximum atomic E-state index is 10.3. The Morgan fingerprint density at radius 1 is 1.23 bits per heavy atom. The average Bonchev–Trinajstić information content (AvgIpc) is 2.04. The lowest BCUT2D eigenvalue weighted by Gasteiger charge is -1.92. The molecule has 0 saturated carbocycles. The Balaban J connectivity index is 2.61. The van der Waals surface area contributed by atoms with E-state index in [4.69, 9.17) is 10.7 Å². The zero-order valence-electron chi connectivity index (χ0n) is 6.55. The van der Waals surface area contributed by atoms with Gasteiger partial charge < -0.3 is 4.18 Å². The summed E-state index contributed by atoms with van der Waals surface area (Å²) in [5.41, 5.74) is 0.836. The van der Waals surface area contributed by atoms with Crippen molar-refractivity contribution in [2.75, 3.05) is 0 Å². The highest BCUT2D eigenvalue weighted by Crippen LogP contribution is 2.04. The third-order valence-electron chi connectivity index (χ3n) is 1.23. The molecule has 5 heteroatoms. The van der Waals surface area contributed by atoms with E-state index in [1.807, 2.05) is 18.2 Å². The van der Waals surface area contributed by atoms with Gasteiger partial charge in [0, 0.05) is 0 Å². The van der Waals surface area contributed by atoms with Gasteiger partial charge in [0.2, 0.25) is 0 Å². The van der Waals surface area contributed by atoms with Crippen molar-refractivity contribution in [2.24, 2.45) is 0 Å². The molecule has 0 aromatic heterocycles. The van der Waals surface area contributed by atoms with E-state index in [2.05, 4.69) is 4.18 Å². The second kappa shape index (κ2) is 4.30. The summed E-state index contributed by atoms with van der Waals surface area (Å²) in [7, 11) is 0.889. The highest BCUT2D eigenvalue weighted by Gasteiger charge is 1.99. The van der Waals surface area contributed by atoms with Gasteiger partial charge in [-0.2, -0.15) is 8.42 Å². The van der Waals surface area contributed by atoms with Crippen LogP contribution in [0.5, 0.6) is 0 Å². The van der Waals surface area contributed by atoms with Crippen LogP contribution in [-0.2, 0) is 13.5 Å². The standard InChI is InChI=1S/C8H7ClO3S/c9-13(10,11)12-7-6-8-4-2-1-3-5-8/h1-7H. The van der Waals surface area contributed by atoms with Crippen molar-refractivity contribution >= 4 is 26.1 Å². The van der Waals surface area contributed by atoms with Crippen LogP contribution in [0.2, 0.25) is 0 Å². The first-order valence-corrected chi connectivity index (χ1v) is 5.66. The van der Waals surface area contributed by atoms with Crippen LogP contribution in [0, 0.1) is 0 Å². The van der Waals surface area contributed by atoms with E-state index in [-0.39, 0.29) is 0 Å². The third kappa shape index (κ3) is 4.55. The quantitative estimate of drug-likeness (QED) is 0.577. The minimum absolute atomic E-state index is 0.836. The molecule has 0 aliphatic heterocycles. The monoisotopic (exact) mass is 218 g/mol. The summed E-state index contributed by atoms with van der Waals surface area (Å²) < 4.78 is 24.8. The van der Waals surface area contributed by atoms with Crippen LogP contribution < -0.4 is 0 Å². The highest BCUT2D eigenvalue weighted by molar-refractivity contribution is 8.10. The molecule has 0 saturated heterocycles. The van der Waals surface area contributed by atoms with Crippen LogP contribution in [0.15, 0.2) is 36.6 Å². The number of hydrogen-bond acceptors (Lipinski definition) is 3. The molecule has 1 rings (SSSR count). The van der Waals surface area contributed by atoms with Crippen molar-refractivity contribution in [2.45, 2.75) is 0 Å². The van der Waals surface area contributed by atoms with Gasteiger partial charge in [0.25, 0.3) is 0 Å². The summed E-state index contributed by atoms with van der Waals surface area (Å²) in [5.74, 6) is 0. The maximum Gasteiger partial charge on any atom is 0.400 e. The van der Waals surface area contributed by atoms with E-state index in [9.17, 15) is 8.42 Å². The lowest BCUT2D eigenvalue weighted by molar-refractivity contribution is 0.462. The van der Waals surface area contributed by atoms with Crippen LogP contribution in [-0.4, -0.2) is 8.42 Å². The van der Waals surface area contributed by atoms with E-state index in [0.29, 0.717) is 0 Å². The minimum atomic E-state index is -3.91. The Kier molecular flexibility index (Phi) is 3.33. The molecule has 3 nitrogen and oxygen atoms in total. The molecular weight excluding hydrogens is 212 g/mol. The first-order chi connectivity index (χ1) is 6.08. The van der Waals surface area contributed by atoms with Gasteiger partial charge in [-0.3, -0.25) is 0 Å². The Bertz CT molecular complexity index is 383. The first kappa shape index (κ1) is 10.1. The molecule has 0 amide bonds. The number of benzene rings is 1. The topological polar surface area (TPSA) is 43.4 Å². The fourth-order valence-electron chi connectivity index (χ4n) is 0.737. The van der Waals surface area contributed by atoms with Crippen LogP contribution in [0.4, 0.5) is 0 Å². The van der Waals surface area contributed by atoms with Gasteiger partial charge in [-0.15, -0.1) is 0 Å². The van der Waals surface area contributed by atoms with Crippen molar-refractivity contribution in [3.8, 4) is 0 Å². The molecule has 0 unspecified atom stereocenters. The molecule has 1 aromatic rings. The van der Waals surface area contributed by atoms with Crippen molar-refractivity contribution in [1.29, 1.82) is 0 Å². The molecule has 70 valence electrons. The summed E-state index contributed by atoms with van der Waals surface area (Å²) >= 11 is 0. The van der Waals surface area contributed by atoms with Crippen LogP contribution in [0.1, 0.15) is 5.56 Å². The van der Waals surface area contributed by atoms with Gasteiger partial charge in [0.05, 0.1) is 10.7 Å². The molecule has 0 heterocycles. The SMILES string of the molecule is O=S(=O)(Cl)OC=Cc1ccccc1. The largest absolute Gasteiger partial charge is 0.400 e. The molecule has 0 fully saturated rings. The predicted molar refractivity (Wildman–Crippen MR) is 51.3 cm³/mol. The van der Waals surface area contributed by atoms with Gasteiger partial charge >= 0.3 is 9.33 Å². The summed E-state index contributed by atoms with van der Waals surface area (Å²) in [6, 6.07) is 9.13. The molecule has 0 aliphatic rings. The molecular formula is C8H7ClO3S. The summed E-state index contributed by atoms with van der Waals surface area (Å²) in [6.45, 7) is 0. The van der Waals surface area contributed by atoms with Crippen LogP contribution >= 0.6 is 10.7 Å². The molecule has 0 atom stereocenters. The summed E-state index contributed by atoms with van der Waals surface area (Å²) in [5, 5.41) is 0. The minimum Gasteiger partial charge on any atom is -0.379 e. The zero-order valence-corrected chi connectivity index (χ0v) is 8.12. The van der Waals surface area contributed by atoms with E-state index < -0.39 is 9.33 Å². The Hall–Kier alpha value is -1.00. The Labute approximate surface area is 81.2 Å². The Morgan fingerprint density at radius 3 is 2.38 bits per heavy atom. The van der Waals surface area contributed by atoms with Gasteiger partial charge in [-0.1, -0.05) is 30.3 Å². The fraction of sp³-hybridized carbons (Fsp3) is 0. The van der Waals surface area contributed by atoms with Gasteiger partial charge in [0.1, 0.15) is 6.26 Å². The Morgan fingerprint density at radius 2 is 1.85 bits per heavy atom. The third-order valence-corrected chi connectivity index (χ3v) is 1.79. The predicted octanol–water partition coefficient (Wildman–Crippen LogP) is 2.16. The van der Waals surface area contributed by atoms with Crippen LogP contribution in [0.3, 0.4) is 0 Å². The second-order valence-electron chi connectivity index (χ2n) is 2.20. The van der Waals surface area contributed by atoms with Crippen molar-refractivity contribution in [3.05, 3.63) is 42.2 Å². The lowest BCUT2D eigenvalue weighted by Crippen LogP contribution is -1.87. The van der Waals surface area contributed by atoms with Crippen molar-refractivity contribution < 1.29 is 12.6 Å². The van der Waals surface area contributed by atoms with Gasteiger partial charge in [0.15, 0.2) is 0 Å². The first-order valence-electron chi connectivity index (χ1n) is 3.42. The summed E-state index contributed by atoms with van der Waals surface area (Å²) in [4.78, 5) is 0. The van der Waals surface area contributed by atoms with E-state index >= 15 is 0 Å². The molecule has 0 aliphatic carbocycles. The molecule has 0 N–H and O–H groups in total. The summed E-state index contributed by atoms with van der Waals surface area (Å²) in [6.07, 6.45) is 2.53. The normalized spacial score (nSPS) is 11.8. The number of halogens is 1. The van der Waals surface area contributed by atoms with Crippen molar-refractivity contribution in [1.82, 2.24) is 0 Å². The lowest BCUT2D eigenvalue weighted by atomic mass is 10.2. The maximum absolute atomic E-state index is 10.3. The van der Waals surface area contributed by atoms with Gasteiger partial charge in [-0.25, -0.2) is 0 Å². The van der Waals surface area contributed by atoms with E-state index in [0.717, 1.165) is 11.8 Å². The molecule has 0 spiro atoms. The van der Waals surface area contributed by atoms with E-state index in [1.165, 1.54) is 6.08 Å². The number of hydrogen-bond donors (Lipinski definition) is 0. The van der Waals surface area contributed by atoms with Gasteiger partial charge in [-0.05, 0) is 11.6 Å². The highest BCUT2D eigenvalue weighted by atomic mass is 35.7. The smallest absolute Gasteiger partial charge is 0.379 e. The fourth-order valence-corrected chi connectivity index (χ4v) is 1.05. The molecule has 0 bridgehead atoms. The number of rotatable bonds is 3. The van der Waals surface area contributed by atoms with Crippen LogP contribution in [0.25, 0.3) is 6.08 Å².